The molecule has 1 amide bonds. The van der Waals surface area contributed by atoms with Crippen molar-refractivity contribution in [3.8, 4) is 0 Å². The van der Waals surface area contributed by atoms with E-state index in [-0.39, 0.29) is 18.5 Å². The lowest BCUT2D eigenvalue weighted by molar-refractivity contribution is -0.302. The summed E-state index contributed by atoms with van der Waals surface area (Å²) in [5, 5.41) is 54.4. The van der Waals surface area contributed by atoms with Gasteiger partial charge in [-0.3, -0.25) is 9.59 Å². The standard InChI is InChI=1S/C59H109NO10/c1-3-5-7-9-11-13-15-16-19-22-26-29-33-37-41-45-52(62)51(50-69-59-58(67)57(66)56(65)53(49-61)70-59)60-54(63)46-42-38-34-30-27-23-20-17-18-21-24-28-32-36-40-44-48-68-55(64)47-43-39-35-31-25-14-12-10-8-6-4-2/h15-16,26,29,41,45,51-53,56-59,61-62,65-67H,3-14,17-25,27-28,30-40,42-44,46-50H2,1-2H3,(H,60,63)/b16-15+,29-26+,45-41+. The minimum Gasteiger partial charge on any atom is -0.466 e. The number of carbonyl (C=O) groups excluding carboxylic acids is 2. The molecular weight excluding hydrogens is 883 g/mol. The van der Waals surface area contributed by atoms with Crippen LogP contribution >= 0.6 is 0 Å². The number of esters is 1. The SMILES string of the molecule is CCCCCCC/C=C/CC/C=C/CC/C=C/C(O)C(COC1OC(CO)C(O)C(O)C1O)NC(=O)CCCCCCCCCCCCCCCCCCOC(=O)CCCCCCCCCCCCC. The van der Waals surface area contributed by atoms with E-state index in [4.69, 9.17) is 14.2 Å². The van der Waals surface area contributed by atoms with Gasteiger partial charge in [0.2, 0.25) is 5.91 Å². The molecule has 1 fully saturated rings. The van der Waals surface area contributed by atoms with Gasteiger partial charge in [-0.1, -0.05) is 230 Å². The highest BCUT2D eigenvalue weighted by Crippen LogP contribution is 2.23. The van der Waals surface area contributed by atoms with Crippen LogP contribution in [0.4, 0.5) is 0 Å². The minimum atomic E-state index is -1.58. The third-order valence-corrected chi connectivity index (χ3v) is 13.7. The highest BCUT2D eigenvalue weighted by molar-refractivity contribution is 5.76. The zero-order valence-electron chi connectivity index (χ0n) is 45.0. The second-order valence-electron chi connectivity index (χ2n) is 20.3. The van der Waals surface area contributed by atoms with Gasteiger partial charge < -0.3 is 45.1 Å². The molecule has 0 bridgehead atoms. The lowest BCUT2D eigenvalue weighted by atomic mass is 9.99. The van der Waals surface area contributed by atoms with Crippen LogP contribution in [0, 0.1) is 0 Å². The van der Waals surface area contributed by atoms with Crippen molar-refractivity contribution in [3.05, 3.63) is 36.5 Å². The molecule has 1 aliphatic rings. The average molecular weight is 993 g/mol. The number of aliphatic hydroxyl groups excluding tert-OH is 5. The molecule has 11 heteroatoms. The van der Waals surface area contributed by atoms with Crippen molar-refractivity contribution < 1.29 is 49.3 Å². The Morgan fingerprint density at radius 1 is 0.514 bits per heavy atom. The molecule has 0 aliphatic carbocycles. The Hall–Kier alpha value is -2.12. The fourth-order valence-corrected chi connectivity index (χ4v) is 9.05. The van der Waals surface area contributed by atoms with Crippen molar-refractivity contribution in [2.24, 2.45) is 0 Å². The van der Waals surface area contributed by atoms with E-state index in [1.807, 2.05) is 6.08 Å². The van der Waals surface area contributed by atoms with Crippen LogP contribution in [0.25, 0.3) is 0 Å². The Bertz CT molecular complexity index is 1260. The van der Waals surface area contributed by atoms with Gasteiger partial charge in [-0.15, -0.1) is 0 Å². The van der Waals surface area contributed by atoms with E-state index in [1.165, 1.54) is 154 Å². The largest absolute Gasteiger partial charge is 0.466 e. The van der Waals surface area contributed by atoms with Crippen molar-refractivity contribution in [2.45, 2.75) is 307 Å². The number of aliphatic hydroxyl groups is 5. The Morgan fingerprint density at radius 2 is 0.929 bits per heavy atom. The molecule has 0 aromatic rings. The number of hydrogen-bond acceptors (Lipinski definition) is 10. The first-order valence-electron chi connectivity index (χ1n) is 29.3. The first-order chi connectivity index (χ1) is 34.2. The summed E-state index contributed by atoms with van der Waals surface area (Å²) in [6.07, 6.45) is 49.3. The maximum Gasteiger partial charge on any atom is 0.305 e. The first kappa shape index (κ1) is 65.9. The average Bonchev–Trinajstić information content (AvgIpc) is 3.36. The Kier molecular flexibility index (Phi) is 46.2. The molecule has 0 aromatic carbocycles. The molecule has 6 N–H and O–H groups in total. The summed E-state index contributed by atoms with van der Waals surface area (Å²) in [6, 6.07) is -0.840. The van der Waals surface area contributed by atoms with E-state index in [9.17, 15) is 35.1 Å². The molecule has 7 atom stereocenters. The van der Waals surface area contributed by atoms with E-state index in [2.05, 4.69) is 43.5 Å². The maximum atomic E-state index is 13.0. The maximum absolute atomic E-state index is 13.0. The van der Waals surface area contributed by atoms with Crippen LogP contribution in [0.15, 0.2) is 36.5 Å². The number of unbranched alkanes of at least 4 members (excludes halogenated alkanes) is 32. The minimum absolute atomic E-state index is 0.0165. The van der Waals surface area contributed by atoms with Crippen LogP contribution < -0.4 is 5.32 Å². The van der Waals surface area contributed by atoms with Gasteiger partial charge in [-0.25, -0.2) is 0 Å². The van der Waals surface area contributed by atoms with Crippen LogP contribution in [0.3, 0.4) is 0 Å². The highest BCUT2D eigenvalue weighted by Gasteiger charge is 2.44. The van der Waals surface area contributed by atoms with Gasteiger partial charge in [0.05, 0.1) is 32.0 Å². The number of carbonyl (C=O) groups is 2. The zero-order chi connectivity index (χ0) is 51.0. The van der Waals surface area contributed by atoms with Crippen molar-refractivity contribution in [2.75, 3.05) is 19.8 Å². The molecule has 0 radical (unpaired) electrons. The molecule has 1 saturated heterocycles. The van der Waals surface area contributed by atoms with Crippen molar-refractivity contribution in [1.82, 2.24) is 5.32 Å². The summed E-state index contributed by atoms with van der Waals surface area (Å²) in [4.78, 5) is 25.1. The van der Waals surface area contributed by atoms with Gasteiger partial charge >= 0.3 is 5.97 Å². The van der Waals surface area contributed by atoms with E-state index in [0.717, 1.165) is 83.5 Å². The van der Waals surface area contributed by atoms with Crippen molar-refractivity contribution in [1.29, 1.82) is 0 Å². The number of hydrogen-bond donors (Lipinski definition) is 6. The van der Waals surface area contributed by atoms with Crippen LogP contribution in [-0.2, 0) is 23.8 Å². The van der Waals surface area contributed by atoms with E-state index in [0.29, 0.717) is 19.4 Å². The second-order valence-corrected chi connectivity index (χ2v) is 20.3. The molecular formula is C59H109NO10. The highest BCUT2D eigenvalue weighted by atomic mass is 16.7. The van der Waals surface area contributed by atoms with Crippen LogP contribution in [-0.4, -0.2) is 100 Å². The van der Waals surface area contributed by atoms with E-state index >= 15 is 0 Å². The number of nitrogens with one attached hydrogen (secondary N) is 1. The zero-order valence-corrected chi connectivity index (χ0v) is 45.0. The second kappa shape index (κ2) is 49.1. The Labute approximate surface area is 428 Å². The lowest BCUT2D eigenvalue weighted by Gasteiger charge is -2.40. The molecule has 1 rings (SSSR count). The monoisotopic (exact) mass is 992 g/mol. The number of ether oxygens (including phenoxy) is 3. The van der Waals surface area contributed by atoms with Gasteiger partial charge in [0.25, 0.3) is 0 Å². The molecule has 1 heterocycles. The molecule has 70 heavy (non-hydrogen) atoms. The predicted molar refractivity (Wildman–Crippen MR) is 287 cm³/mol. The third-order valence-electron chi connectivity index (χ3n) is 13.7. The van der Waals surface area contributed by atoms with E-state index in [1.54, 1.807) is 6.08 Å². The summed E-state index contributed by atoms with van der Waals surface area (Å²) >= 11 is 0. The fraction of sp³-hybridized carbons (Fsp3) is 0.864. The first-order valence-corrected chi connectivity index (χ1v) is 29.3. The molecule has 0 aromatic heterocycles. The lowest BCUT2D eigenvalue weighted by Crippen LogP contribution is -2.60. The smallest absolute Gasteiger partial charge is 0.305 e. The quantitative estimate of drug-likeness (QED) is 0.0195. The summed E-state index contributed by atoms with van der Waals surface area (Å²) in [5.74, 6) is -0.219. The van der Waals surface area contributed by atoms with Gasteiger partial charge in [0.1, 0.15) is 24.4 Å². The number of rotatable bonds is 50. The normalized spacial score (nSPS) is 19.4. The van der Waals surface area contributed by atoms with E-state index < -0.39 is 49.5 Å². The number of amides is 1. The summed E-state index contributed by atoms with van der Waals surface area (Å²) in [5.41, 5.74) is 0. The van der Waals surface area contributed by atoms with Gasteiger partial charge in [0, 0.05) is 12.8 Å². The Morgan fingerprint density at radius 3 is 1.41 bits per heavy atom. The third kappa shape index (κ3) is 38.5. The van der Waals surface area contributed by atoms with Gasteiger partial charge in [0.15, 0.2) is 6.29 Å². The molecule has 7 unspecified atom stereocenters. The predicted octanol–water partition coefficient (Wildman–Crippen LogP) is 13.1. The van der Waals surface area contributed by atoms with Crippen LogP contribution in [0.1, 0.15) is 264 Å². The Balaban J connectivity index is 2.16. The van der Waals surface area contributed by atoms with Gasteiger partial charge in [-0.05, 0) is 57.8 Å². The van der Waals surface area contributed by atoms with Crippen LogP contribution in [0.2, 0.25) is 0 Å². The molecule has 11 nitrogen and oxygen atoms in total. The summed E-state index contributed by atoms with van der Waals surface area (Å²) < 4.78 is 16.7. The van der Waals surface area contributed by atoms with Crippen LogP contribution in [0.5, 0.6) is 0 Å². The topological polar surface area (TPSA) is 175 Å². The molecule has 1 aliphatic heterocycles. The van der Waals surface area contributed by atoms with Gasteiger partial charge in [-0.2, -0.15) is 0 Å². The molecule has 0 saturated carbocycles. The molecule has 0 spiro atoms. The van der Waals surface area contributed by atoms with Crippen molar-refractivity contribution in [3.63, 3.8) is 0 Å². The summed E-state index contributed by atoms with van der Waals surface area (Å²) in [7, 11) is 0. The summed E-state index contributed by atoms with van der Waals surface area (Å²) in [6.45, 7) is 4.29. The molecule has 410 valence electrons. The number of allylic oxidation sites excluding steroid dienone is 5. The fourth-order valence-electron chi connectivity index (χ4n) is 9.05. The van der Waals surface area contributed by atoms with Crippen molar-refractivity contribution >= 4 is 11.9 Å².